The number of hydrogen-bond donors (Lipinski definition) is 0. The van der Waals surface area contributed by atoms with Crippen molar-refractivity contribution < 1.29 is 14.3 Å². The SMILES string of the molecule is COC(=O)CCCCCCCCCCOc1cc2ccc1-c1ccccc1C#CC#Cc1ccccc1-2. The fourth-order valence-electron chi connectivity index (χ4n) is 4.62. The lowest BCUT2D eigenvalue weighted by molar-refractivity contribution is -0.140. The number of carbonyl (C=O) groups is 1. The molecule has 5 rings (SSSR count). The Morgan fingerprint density at radius 2 is 1.27 bits per heavy atom. The first-order valence-electron chi connectivity index (χ1n) is 13.3. The van der Waals surface area contributed by atoms with Crippen LogP contribution in [0.3, 0.4) is 0 Å². The molecule has 3 nitrogen and oxygen atoms in total. The van der Waals surface area contributed by atoms with Gasteiger partial charge >= 0.3 is 5.97 Å². The summed E-state index contributed by atoms with van der Waals surface area (Å²) in [6, 6.07) is 22.8. The molecule has 37 heavy (non-hydrogen) atoms. The van der Waals surface area contributed by atoms with Crippen molar-refractivity contribution in [3.8, 4) is 51.7 Å². The highest BCUT2D eigenvalue weighted by molar-refractivity contribution is 5.82. The van der Waals surface area contributed by atoms with Gasteiger partial charge < -0.3 is 9.47 Å². The van der Waals surface area contributed by atoms with E-state index in [-0.39, 0.29) is 5.97 Å². The van der Waals surface area contributed by atoms with Crippen LogP contribution in [0.4, 0.5) is 0 Å². The molecular formula is C34H34O3. The fraction of sp³-hybridized carbons (Fsp3) is 0.324. The smallest absolute Gasteiger partial charge is 0.305 e. The zero-order valence-electron chi connectivity index (χ0n) is 21.6. The van der Waals surface area contributed by atoms with Gasteiger partial charge in [0.05, 0.1) is 13.7 Å². The molecule has 0 aliphatic heterocycles. The summed E-state index contributed by atoms with van der Waals surface area (Å²) >= 11 is 0. The van der Waals surface area contributed by atoms with Crippen LogP contribution in [0.25, 0.3) is 22.3 Å². The van der Waals surface area contributed by atoms with Crippen molar-refractivity contribution in [1.82, 2.24) is 0 Å². The quantitative estimate of drug-likeness (QED) is 0.148. The van der Waals surface area contributed by atoms with Crippen LogP contribution in [0, 0.1) is 23.7 Å². The molecular weight excluding hydrogens is 456 g/mol. The average Bonchev–Trinajstić information content (AvgIpc) is 2.93. The molecule has 2 aliphatic carbocycles. The number of hydrogen-bond acceptors (Lipinski definition) is 3. The van der Waals surface area contributed by atoms with Crippen LogP contribution in [-0.4, -0.2) is 19.7 Å². The zero-order valence-corrected chi connectivity index (χ0v) is 21.6. The molecule has 188 valence electrons. The van der Waals surface area contributed by atoms with Crippen LogP contribution < -0.4 is 4.74 Å². The number of fused-ring (bicyclic) bond motifs is 3. The van der Waals surface area contributed by atoms with E-state index in [1.165, 1.54) is 32.8 Å². The molecule has 0 atom stereocenters. The fourth-order valence-corrected chi connectivity index (χ4v) is 4.62. The first-order valence-corrected chi connectivity index (χ1v) is 13.3. The van der Waals surface area contributed by atoms with E-state index in [2.05, 4.69) is 58.8 Å². The number of ether oxygens (including phenoxy) is 2. The van der Waals surface area contributed by atoms with Gasteiger partial charge in [-0.25, -0.2) is 0 Å². The molecule has 0 aromatic heterocycles. The minimum absolute atomic E-state index is 0.105. The first-order chi connectivity index (χ1) is 18.3. The predicted molar refractivity (Wildman–Crippen MR) is 150 cm³/mol. The molecule has 0 N–H and O–H groups in total. The summed E-state index contributed by atoms with van der Waals surface area (Å²) in [6.45, 7) is 0.685. The lowest BCUT2D eigenvalue weighted by atomic mass is 9.94. The first kappa shape index (κ1) is 26.1. The second-order valence-electron chi connectivity index (χ2n) is 9.31. The maximum Gasteiger partial charge on any atom is 0.305 e. The van der Waals surface area contributed by atoms with Crippen LogP contribution in [0.5, 0.6) is 5.75 Å². The van der Waals surface area contributed by atoms with E-state index in [1.807, 2.05) is 36.4 Å². The van der Waals surface area contributed by atoms with Crippen LogP contribution in [0.2, 0.25) is 0 Å². The predicted octanol–water partition coefficient (Wildman–Crippen LogP) is 7.80. The highest BCUT2D eigenvalue weighted by atomic mass is 16.5. The van der Waals surface area contributed by atoms with Crippen molar-refractivity contribution >= 4 is 5.97 Å². The third-order valence-corrected chi connectivity index (χ3v) is 6.65. The molecule has 2 aliphatic rings. The van der Waals surface area contributed by atoms with Crippen LogP contribution in [0.1, 0.15) is 68.9 Å². The second-order valence-corrected chi connectivity index (χ2v) is 9.31. The number of carbonyl (C=O) groups excluding carboxylic acids is 1. The van der Waals surface area contributed by atoms with Crippen molar-refractivity contribution in [2.24, 2.45) is 0 Å². The van der Waals surface area contributed by atoms with Gasteiger partial charge in [0, 0.05) is 28.7 Å². The number of rotatable bonds is 12. The third-order valence-electron chi connectivity index (χ3n) is 6.65. The summed E-state index contributed by atoms with van der Waals surface area (Å²) in [6.07, 6.45) is 9.55. The molecule has 3 aromatic rings. The van der Waals surface area contributed by atoms with E-state index in [9.17, 15) is 4.79 Å². The Kier molecular flexibility index (Phi) is 9.85. The molecule has 0 radical (unpaired) electrons. The third kappa shape index (κ3) is 7.52. The lowest BCUT2D eigenvalue weighted by Crippen LogP contribution is -2.00. The Bertz CT molecular complexity index is 1330. The van der Waals surface area contributed by atoms with Gasteiger partial charge in [0.15, 0.2) is 0 Å². The Hall–Kier alpha value is -3.95. The Morgan fingerprint density at radius 1 is 0.676 bits per heavy atom. The van der Waals surface area contributed by atoms with E-state index in [0.717, 1.165) is 64.8 Å². The number of benzene rings is 3. The van der Waals surface area contributed by atoms with Crippen LogP contribution >= 0.6 is 0 Å². The summed E-state index contributed by atoms with van der Waals surface area (Å²) in [7, 11) is 1.45. The van der Waals surface area contributed by atoms with Gasteiger partial charge in [-0.2, -0.15) is 0 Å². The molecule has 0 unspecified atom stereocenters. The summed E-state index contributed by atoms with van der Waals surface area (Å²) in [5, 5.41) is 0. The van der Waals surface area contributed by atoms with E-state index in [1.54, 1.807) is 0 Å². The van der Waals surface area contributed by atoms with E-state index in [0.29, 0.717) is 13.0 Å². The number of esters is 1. The Labute approximate surface area is 221 Å². The summed E-state index contributed by atoms with van der Waals surface area (Å²) < 4.78 is 11.1. The lowest BCUT2D eigenvalue weighted by Gasteiger charge is -2.16. The minimum Gasteiger partial charge on any atom is -0.493 e. The molecule has 3 aromatic carbocycles. The number of methoxy groups -OCH3 is 1. The standard InChI is InChI=1S/C34H34O3/c1-36-34(35)22-8-6-4-2-3-5-7-15-25-37-33-26-29-23-24-32(33)31-21-14-12-19-28(31)18-10-9-16-27-17-11-13-20-30(27)29/h11-14,17,19-21,23-24,26H,2-8,15,22,25H2,1H3. The molecule has 2 bridgehead atoms. The van der Waals surface area contributed by atoms with Crippen LogP contribution in [-0.2, 0) is 9.53 Å². The minimum atomic E-state index is -0.105. The largest absolute Gasteiger partial charge is 0.493 e. The molecule has 0 spiro atoms. The van der Waals surface area contributed by atoms with Gasteiger partial charge in [0.25, 0.3) is 0 Å². The van der Waals surface area contributed by atoms with Gasteiger partial charge in [0.2, 0.25) is 0 Å². The van der Waals surface area contributed by atoms with Gasteiger partial charge in [-0.3, -0.25) is 4.79 Å². The summed E-state index contributed by atoms with van der Waals surface area (Å²) in [4.78, 5) is 11.2. The number of unbranched alkanes of at least 4 members (excludes halogenated alkanes) is 7. The molecule has 0 fully saturated rings. The van der Waals surface area contributed by atoms with E-state index >= 15 is 0 Å². The zero-order chi connectivity index (χ0) is 25.7. The van der Waals surface area contributed by atoms with E-state index < -0.39 is 0 Å². The molecule has 3 heteroatoms. The van der Waals surface area contributed by atoms with E-state index in [4.69, 9.17) is 4.74 Å². The average molecular weight is 491 g/mol. The monoisotopic (exact) mass is 490 g/mol. The van der Waals surface area contributed by atoms with Crippen molar-refractivity contribution in [2.75, 3.05) is 13.7 Å². The Morgan fingerprint density at radius 3 is 1.97 bits per heavy atom. The van der Waals surface area contributed by atoms with Crippen molar-refractivity contribution in [3.63, 3.8) is 0 Å². The maximum atomic E-state index is 11.2. The highest BCUT2D eigenvalue weighted by Crippen LogP contribution is 2.37. The highest BCUT2D eigenvalue weighted by Gasteiger charge is 2.13. The van der Waals surface area contributed by atoms with Crippen molar-refractivity contribution in [2.45, 2.75) is 57.8 Å². The van der Waals surface area contributed by atoms with Crippen molar-refractivity contribution in [1.29, 1.82) is 0 Å². The molecule has 0 amide bonds. The molecule has 0 heterocycles. The summed E-state index contributed by atoms with van der Waals surface area (Å²) in [5.74, 6) is 13.3. The maximum absolute atomic E-state index is 11.2. The van der Waals surface area contributed by atoms with Gasteiger partial charge in [-0.1, -0.05) is 92.8 Å². The summed E-state index contributed by atoms with van der Waals surface area (Å²) in [5.41, 5.74) is 6.24. The Balaban J connectivity index is 1.38. The van der Waals surface area contributed by atoms with Gasteiger partial charge in [-0.05, 0) is 60.1 Å². The molecule has 0 saturated carbocycles. The van der Waals surface area contributed by atoms with Gasteiger partial charge in [-0.15, -0.1) is 0 Å². The van der Waals surface area contributed by atoms with Crippen LogP contribution in [0.15, 0.2) is 66.7 Å². The molecule has 0 saturated heterocycles. The topological polar surface area (TPSA) is 35.5 Å². The van der Waals surface area contributed by atoms with Crippen molar-refractivity contribution in [3.05, 3.63) is 77.9 Å². The normalized spacial score (nSPS) is 10.9. The van der Waals surface area contributed by atoms with Gasteiger partial charge in [0.1, 0.15) is 5.75 Å². The second kappa shape index (κ2) is 14.0.